The minimum Gasteiger partial charge on any atom is -0.493 e. The first-order valence-corrected chi connectivity index (χ1v) is 10.0. The summed E-state index contributed by atoms with van der Waals surface area (Å²) >= 11 is 0. The van der Waals surface area contributed by atoms with Crippen LogP contribution in [0.2, 0.25) is 0 Å². The number of allylic oxidation sites excluding steroid dienone is 3. The number of ether oxygens (including phenoxy) is 2. The second kappa shape index (κ2) is 8.32. The molecule has 1 N–H and O–H groups in total. The molecule has 0 bridgehead atoms. The smallest absolute Gasteiger partial charge is 0.171 e. The van der Waals surface area contributed by atoms with Crippen molar-refractivity contribution in [2.75, 3.05) is 19.7 Å². The van der Waals surface area contributed by atoms with Crippen molar-refractivity contribution in [3.63, 3.8) is 0 Å². The standard InChI is InChI=1S/C23H29NO3/c25-22-10-12-24(13-11-22)17-20-6-8-21(9-7-20)23(18-26-14-15-27-23)16-19-4-2-1-3-5-19/h1-2,4,6-9,14-15,22,25H,3,5,10-13,16-18H2. The number of hydrogen-bond donors (Lipinski definition) is 1. The number of aliphatic hydroxyl groups is 1. The van der Waals surface area contributed by atoms with Gasteiger partial charge in [-0.3, -0.25) is 4.90 Å². The Morgan fingerprint density at radius 1 is 1.11 bits per heavy atom. The number of rotatable bonds is 5. The fraction of sp³-hybridized carbons (Fsp3) is 0.478. The highest BCUT2D eigenvalue weighted by Gasteiger charge is 2.37. The Morgan fingerprint density at radius 2 is 1.93 bits per heavy atom. The van der Waals surface area contributed by atoms with Crippen molar-refractivity contribution in [2.45, 2.75) is 50.4 Å². The number of nitrogens with zero attached hydrogens (tertiary/aromatic N) is 1. The van der Waals surface area contributed by atoms with Crippen LogP contribution < -0.4 is 0 Å². The number of aliphatic hydroxyl groups excluding tert-OH is 1. The summed E-state index contributed by atoms with van der Waals surface area (Å²) in [5, 5.41) is 9.67. The van der Waals surface area contributed by atoms with Crippen molar-refractivity contribution in [2.24, 2.45) is 0 Å². The molecule has 0 saturated carbocycles. The van der Waals surface area contributed by atoms with Gasteiger partial charge in [0.15, 0.2) is 5.60 Å². The maximum absolute atomic E-state index is 9.67. The first-order valence-electron chi connectivity index (χ1n) is 10.0. The van der Waals surface area contributed by atoms with Crippen molar-refractivity contribution in [3.8, 4) is 0 Å². The van der Waals surface area contributed by atoms with E-state index in [2.05, 4.69) is 47.4 Å². The van der Waals surface area contributed by atoms with Gasteiger partial charge in [0.25, 0.3) is 0 Å². The van der Waals surface area contributed by atoms with Crippen LogP contribution >= 0.6 is 0 Å². The Labute approximate surface area is 161 Å². The van der Waals surface area contributed by atoms with Crippen LogP contribution in [-0.2, 0) is 21.6 Å². The molecule has 0 radical (unpaired) electrons. The molecule has 4 rings (SSSR count). The molecular formula is C23H29NO3. The quantitative estimate of drug-likeness (QED) is 0.853. The maximum Gasteiger partial charge on any atom is 0.171 e. The summed E-state index contributed by atoms with van der Waals surface area (Å²) in [5.41, 5.74) is 3.43. The van der Waals surface area contributed by atoms with Crippen LogP contribution in [0.25, 0.3) is 0 Å². The fourth-order valence-electron chi connectivity index (χ4n) is 4.18. The van der Waals surface area contributed by atoms with E-state index in [1.54, 1.807) is 12.5 Å². The highest BCUT2D eigenvalue weighted by atomic mass is 16.6. The maximum atomic E-state index is 9.67. The van der Waals surface area contributed by atoms with Gasteiger partial charge in [-0.1, -0.05) is 48.1 Å². The van der Waals surface area contributed by atoms with Crippen LogP contribution in [0, 0.1) is 0 Å². The van der Waals surface area contributed by atoms with E-state index in [0.717, 1.165) is 51.7 Å². The topological polar surface area (TPSA) is 41.9 Å². The average Bonchev–Trinajstić information content (AvgIpc) is 2.72. The van der Waals surface area contributed by atoms with Gasteiger partial charge >= 0.3 is 0 Å². The molecule has 27 heavy (non-hydrogen) atoms. The van der Waals surface area contributed by atoms with Gasteiger partial charge in [0.2, 0.25) is 0 Å². The van der Waals surface area contributed by atoms with Crippen molar-refractivity contribution in [1.29, 1.82) is 0 Å². The van der Waals surface area contributed by atoms with Crippen LogP contribution in [0.4, 0.5) is 0 Å². The molecule has 1 fully saturated rings. The lowest BCUT2D eigenvalue weighted by molar-refractivity contribution is -0.0636. The van der Waals surface area contributed by atoms with Gasteiger partial charge in [-0.2, -0.15) is 0 Å². The molecule has 0 aromatic heterocycles. The zero-order chi connectivity index (χ0) is 18.5. The third-order valence-electron chi connectivity index (χ3n) is 5.82. The normalized spacial score (nSPS) is 26.3. The molecule has 0 amide bonds. The van der Waals surface area contributed by atoms with E-state index in [9.17, 15) is 5.11 Å². The van der Waals surface area contributed by atoms with Crippen molar-refractivity contribution in [3.05, 3.63) is 71.7 Å². The van der Waals surface area contributed by atoms with Gasteiger partial charge in [0, 0.05) is 26.1 Å². The molecule has 1 atom stereocenters. The summed E-state index contributed by atoms with van der Waals surface area (Å²) in [5.74, 6) is 0. The van der Waals surface area contributed by atoms with E-state index in [1.165, 1.54) is 16.7 Å². The van der Waals surface area contributed by atoms with Crippen LogP contribution in [0.1, 0.15) is 43.2 Å². The molecule has 2 aliphatic heterocycles. The molecule has 1 aromatic rings. The number of hydrogen-bond acceptors (Lipinski definition) is 4. The lowest BCUT2D eigenvalue weighted by Gasteiger charge is -2.36. The van der Waals surface area contributed by atoms with E-state index in [-0.39, 0.29) is 6.10 Å². The molecule has 1 saturated heterocycles. The molecule has 2 heterocycles. The van der Waals surface area contributed by atoms with Gasteiger partial charge in [-0.15, -0.1) is 0 Å². The van der Waals surface area contributed by atoms with E-state index in [0.29, 0.717) is 6.61 Å². The molecule has 0 spiro atoms. The summed E-state index contributed by atoms with van der Waals surface area (Å²) in [6.07, 6.45) is 14.5. The van der Waals surface area contributed by atoms with Gasteiger partial charge in [0.1, 0.15) is 19.1 Å². The molecule has 3 aliphatic rings. The molecule has 144 valence electrons. The number of likely N-dealkylation sites (tertiary alicyclic amines) is 1. The Balaban J connectivity index is 1.48. The highest BCUT2D eigenvalue weighted by Crippen LogP contribution is 2.37. The summed E-state index contributed by atoms with van der Waals surface area (Å²) < 4.78 is 11.8. The minimum absolute atomic E-state index is 0.121. The Bertz CT molecular complexity index is 714. The van der Waals surface area contributed by atoms with Crippen LogP contribution in [-0.4, -0.2) is 35.8 Å². The number of benzene rings is 1. The van der Waals surface area contributed by atoms with Crippen LogP contribution in [0.5, 0.6) is 0 Å². The van der Waals surface area contributed by atoms with E-state index in [4.69, 9.17) is 9.47 Å². The molecule has 1 aromatic carbocycles. The molecule has 1 unspecified atom stereocenters. The molecular weight excluding hydrogens is 338 g/mol. The van der Waals surface area contributed by atoms with Crippen LogP contribution in [0.15, 0.2) is 60.6 Å². The predicted octanol–water partition coefficient (Wildman–Crippen LogP) is 4.02. The first-order chi connectivity index (χ1) is 13.2. The zero-order valence-electron chi connectivity index (χ0n) is 15.8. The average molecular weight is 367 g/mol. The van der Waals surface area contributed by atoms with Crippen molar-refractivity contribution < 1.29 is 14.6 Å². The Hall–Kier alpha value is -2.04. The van der Waals surface area contributed by atoms with Crippen LogP contribution in [0.3, 0.4) is 0 Å². The molecule has 4 nitrogen and oxygen atoms in total. The summed E-state index contributed by atoms with van der Waals surface area (Å²) in [6.45, 7) is 3.41. The second-order valence-corrected chi connectivity index (χ2v) is 7.87. The van der Waals surface area contributed by atoms with E-state index >= 15 is 0 Å². The molecule has 4 heteroatoms. The predicted molar refractivity (Wildman–Crippen MR) is 106 cm³/mol. The third-order valence-corrected chi connectivity index (χ3v) is 5.82. The van der Waals surface area contributed by atoms with E-state index < -0.39 is 5.60 Å². The largest absolute Gasteiger partial charge is 0.493 e. The Kier molecular flexibility index (Phi) is 5.65. The first kappa shape index (κ1) is 18.3. The minimum atomic E-state index is -0.445. The van der Waals surface area contributed by atoms with Crippen molar-refractivity contribution >= 4 is 0 Å². The van der Waals surface area contributed by atoms with Gasteiger partial charge in [-0.05, 0) is 36.8 Å². The monoisotopic (exact) mass is 367 g/mol. The highest BCUT2D eigenvalue weighted by molar-refractivity contribution is 5.31. The summed E-state index contributed by atoms with van der Waals surface area (Å²) in [4.78, 5) is 2.42. The fourth-order valence-corrected chi connectivity index (χ4v) is 4.18. The Morgan fingerprint density at radius 3 is 2.59 bits per heavy atom. The SMILES string of the molecule is OC1CCN(Cc2ccc(C3(CC4=CC=CCC4)COC=CO3)cc2)CC1. The van der Waals surface area contributed by atoms with E-state index in [1.807, 2.05) is 0 Å². The van der Waals surface area contributed by atoms with Gasteiger partial charge in [0.05, 0.1) is 6.10 Å². The lowest BCUT2D eigenvalue weighted by Crippen LogP contribution is -2.36. The summed E-state index contributed by atoms with van der Waals surface area (Å²) in [7, 11) is 0. The lowest BCUT2D eigenvalue weighted by atomic mass is 9.84. The summed E-state index contributed by atoms with van der Waals surface area (Å²) in [6, 6.07) is 8.80. The second-order valence-electron chi connectivity index (χ2n) is 7.87. The zero-order valence-corrected chi connectivity index (χ0v) is 15.8. The third kappa shape index (κ3) is 4.45. The van der Waals surface area contributed by atoms with Gasteiger partial charge in [-0.25, -0.2) is 0 Å². The molecule has 1 aliphatic carbocycles. The number of piperidine rings is 1. The van der Waals surface area contributed by atoms with Crippen molar-refractivity contribution in [1.82, 2.24) is 4.90 Å². The van der Waals surface area contributed by atoms with Gasteiger partial charge < -0.3 is 14.6 Å².